The topological polar surface area (TPSA) is 148 Å². The Morgan fingerprint density at radius 3 is 1.53 bits per heavy atom. The molecule has 0 radical (unpaired) electrons. The highest BCUT2D eigenvalue weighted by atomic mass is 79.9. The van der Waals surface area contributed by atoms with Crippen LogP contribution < -0.4 is 10.2 Å². The SMILES string of the molecule is COC(=O)c1cn(C)c2cc(Br)ccc12.COC(=O)c1cn(C)c2cc(N3CC4CC(C3)C4OCc3c(-c4c(Cl)cccc4Cl)noc3C3CC3)ccc12.Clc1cccc(Cl)c1-c1noc(C2CC2)c1COC1C2CNCC1C2. The summed E-state index contributed by atoms with van der Waals surface area (Å²) in [5, 5.41) is 16.3. The molecule has 79 heavy (non-hydrogen) atoms. The van der Waals surface area contributed by atoms with E-state index in [1.807, 2.05) is 90.1 Å². The molecule has 1 N–H and O–H groups in total. The number of nitrogens with one attached hydrogen (secondary N) is 1. The number of hydrogen-bond donors (Lipinski definition) is 1. The molecule has 4 atom stereocenters. The van der Waals surface area contributed by atoms with Crippen molar-refractivity contribution in [2.45, 2.75) is 75.8 Å². The highest BCUT2D eigenvalue weighted by Crippen LogP contribution is 2.50. The Balaban J connectivity index is 0.000000132. The van der Waals surface area contributed by atoms with E-state index >= 15 is 0 Å². The van der Waals surface area contributed by atoms with Gasteiger partial charge in [0.2, 0.25) is 0 Å². The van der Waals surface area contributed by atoms with Gasteiger partial charge in [-0.25, -0.2) is 9.59 Å². The molecule has 3 aliphatic heterocycles. The lowest BCUT2D eigenvalue weighted by Gasteiger charge is -2.53. The number of carbonyl (C=O) groups excluding carboxylic acids is 2. The van der Waals surface area contributed by atoms with Gasteiger partial charge >= 0.3 is 11.9 Å². The summed E-state index contributed by atoms with van der Waals surface area (Å²) in [6.07, 6.45) is 11.1. The van der Waals surface area contributed by atoms with Crippen molar-refractivity contribution in [1.82, 2.24) is 24.8 Å². The molecule has 0 amide bonds. The van der Waals surface area contributed by atoms with E-state index < -0.39 is 0 Å². The Morgan fingerprint density at radius 2 is 1.08 bits per heavy atom. The third-order valence-electron chi connectivity index (χ3n) is 16.7. The number of piperidine rings is 4. The number of hydrogen-bond acceptors (Lipinski definition) is 12. The first-order valence-electron chi connectivity index (χ1n) is 26.8. The summed E-state index contributed by atoms with van der Waals surface area (Å²) in [5.74, 6) is 4.28. The number of rotatable bonds is 13. The zero-order valence-corrected chi connectivity index (χ0v) is 48.7. The second-order valence-electron chi connectivity index (χ2n) is 21.8. The van der Waals surface area contributed by atoms with Gasteiger partial charge in [-0.2, -0.15) is 0 Å². The summed E-state index contributed by atoms with van der Waals surface area (Å²) < 4.78 is 39.0. The van der Waals surface area contributed by atoms with Gasteiger partial charge < -0.3 is 47.3 Å². The maximum atomic E-state index is 12.2. The van der Waals surface area contributed by atoms with Crippen LogP contribution in [0, 0.1) is 23.7 Å². The van der Waals surface area contributed by atoms with E-state index in [0.29, 0.717) is 97.3 Å². The van der Waals surface area contributed by atoms with Gasteiger partial charge in [0, 0.05) is 125 Å². The Labute approximate surface area is 485 Å². The lowest BCUT2D eigenvalue weighted by Crippen LogP contribution is -2.59. The van der Waals surface area contributed by atoms with Crippen LogP contribution >= 0.6 is 62.3 Å². The summed E-state index contributed by atoms with van der Waals surface area (Å²) in [6, 6.07) is 23.1. The van der Waals surface area contributed by atoms with Gasteiger partial charge in [0.25, 0.3) is 0 Å². The number of benzene rings is 4. The van der Waals surface area contributed by atoms with E-state index in [1.165, 1.54) is 32.7 Å². The van der Waals surface area contributed by atoms with E-state index in [9.17, 15) is 9.59 Å². The molecule has 14 nitrogen and oxygen atoms in total. The first kappa shape index (κ1) is 54.2. The number of halogens is 5. The third kappa shape index (κ3) is 10.6. The predicted octanol–water partition coefficient (Wildman–Crippen LogP) is 14.2. The van der Waals surface area contributed by atoms with Crippen LogP contribution in [0.1, 0.15) is 93.7 Å². The molecule has 19 heteroatoms. The van der Waals surface area contributed by atoms with E-state index in [-0.39, 0.29) is 18.0 Å². The highest BCUT2D eigenvalue weighted by molar-refractivity contribution is 9.10. The zero-order chi connectivity index (χ0) is 54.8. The van der Waals surface area contributed by atoms with E-state index in [1.54, 1.807) is 6.20 Å². The summed E-state index contributed by atoms with van der Waals surface area (Å²) in [7, 11) is 6.67. The van der Waals surface area contributed by atoms with Crippen LogP contribution in [0.2, 0.25) is 20.1 Å². The summed E-state index contributed by atoms with van der Waals surface area (Å²) in [4.78, 5) is 26.1. The van der Waals surface area contributed by atoms with Crippen LogP contribution in [0.4, 0.5) is 5.69 Å². The monoisotopic (exact) mass is 1210 g/mol. The van der Waals surface area contributed by atoms with Crippen molar-refractivity contribution < 1.29 is 37.6 Å². The molecule has 4 aliphatic carbocycles. The number of fused-ring (bicyclic) bond motifs is 6. The van der Waals surface area contributed by atoms with Crippen LogP contribution in [0.25, 0.3) is 44.3 Å². The fraction of sp³-hybridized carbons (Fsp3) is 0.400. The molecule has 8 aromatic rings. The fourth-order valence-electron chi connectivity index (χ4n) is 12.2. The minimum atomic E-state index is -0.315. The van der Waals surface area contributed by atoms with E-state index in [0.717, 1.165) is 112 Å². The average Bonchev–Trinajstić information content (AvgIpc) is 4.45. The number of anilines is 1. The molecule has 4 unspecified atom stereocenters. The zero-order valence-electron chi connectivity index (χ0n) is 44.1. The number of esters is 2. The Hall–Kier alpha value is -5.36. The van der Waals surface area contributed by atoms with Crippen LogP contribution in [0.5, 0.6) is 0 Å². The van der Waals surface area contributed by atoms with Crippen LogP contribution in [-0.4, -0.2) is 84.0 Å². The van der Waals surface area contributed by atoms with Gasteiger partial charge in [-0.3, -0.25) is 0 Å². The Kier molecular flexibility index (Phi) is 15.5. The number of nitrogens with zero attached hydrogens (tertiary/aromatic N) is 5. The minimum absolute atomic E-state index is 0.197. The van der Waals surface area contributed by atoms with Crippen molar-refractivity contribution in [2.75, 3.05) is 45.3 Å². The van der Waals surface area contributed by atoms with Crippen molar-refractivity contribution >= 4 is 102 Å². The maximum absolute atomic E-state index is 12.2. The highest BCUT2D eigenvalue weighted by Gasteiger charge is 2.48. The number of ether oxygens (including phenoxy) is 4. The lowest BCUT2D eigenvalue weighted by molar-refractivity contribution is -0.118. The van der Waals surface area contributed by atoms with Gasteiger partial charge in [-0.1, -0.05) is 90.8 Å². The molecule has 7 fully saturated rings. The standard InChI is InChI=1S/C30H29Cl2N3O4.C19H20Cl2N2O2.C11H10BrNO2/c1-34-14-21(30(36)37-2)20-9-8-19(11-25(20)34)35-12-17-10-18(13-35)28(17)38-15-22-27(33-39-29(22)16-6-7-16)26-23(31)4-3-5-24(26)32;20-14-2-1-3-15(21)16(14)17-13(19(25-23-17)10-4-5-10)9-24-18-11-6-12(18)8-22-7-11;1-13-6-9(11(14)15-2)8-4-3-7(12)5-10(8)13/h3-5,8-9,11,14,16-18,28H,6-7,10,12-13,15H2,1-2H3;1-3,10-12,18,22H,4-9H2;3-6H,1-2H3. The quantitative estimate of drug-likeness (QED) is 0.110. The lowest BCUT2D eigenvalue weighted by atomic mass is 9.68. The average molecular weight is 1210 g/mol. The molecule has 7 heterocycles. The van der Waals surface area contributed by atoms with E-state index in [2.05, 4.69) is 48.6 Å². The van der Waals surface area contributed by atoms with Crippen LogP contribution in [0.15, 0.2) is 98.7 Å². The molecule has 3 saturated heterocycles. The molecule has 4 aromatic carbocycles. The van der Waals surface area contributed by atoms with Gasteiger partial charge in [-0.05, 0) is 105 Å². The number of carbonyl (C=O) groups is 2. The first-order valence-corrected chi connectivity index (χ1v) is 29.1. The second-order valence-corrected chi connectivity index (χ2v) is 24.3. The molecule has 7 aliphatic rings. The Bertz CT molecular complexity index is 3560. The van der Waals surface area contributed by atoms with Crippen molar-refractivity contribution in [3.05, 3.63) is 144 Å². The molecule has 412 valence electrons. The third-order valence-corrected chi connectivity index (χ3v) is 18.4. The normalized spacial score (nSPS) is 21.9. The van der Waals surface area contributed by atoms with Crippen molar-refractivity contribution in [3.63, 3.8) is 0 Å². The largest absolute Gasteiger partial charge is 0.465 e. The summed E-state index contributed by atoms with van der Waals surface area (Å²) in [5.41, 5.74) is 9.27. The smallest absolute Gasteiger partial charge is 0.340 e. The molecule has 4 bridgehead atoms. The summed E-state index contributed by atoms with van der Waals surface area (Å²) >= 11 is 29.3. The Morgan fingerprint density at radius 1 is 0.633 bits per heavy atom. The van der Waals surface area contributed by atoms with Crippen LogP contribution in [-0.2, 0) is 46.3 Å². The molecule has 4 saturated carbocycles. The molecule has 4 aromatic heterocycles. The van der Waals surface area contributed by atoms with Gasteiger partial charge in [-0.15, -0.1) is 0 Å². The second kappa shape index (κ2) is 22.5. The van der Waals surface area contributed by atoms with Crippen LogP contribution in [0.3, 0.4) is 0 Å². The van der Waals surface area contributed by atoms with E-state index in [4.69, 9.17) is 74.4 Å². The first-order chi connectivity index (χ1) is 38.3. The van der Waals surface area contributed by atoms with Gasteiger partial charge in [0.05, 0.1) is 76.4 Å². The van der Waals surface area contributed by atoms with Gasteiger partial charge in [0.1, 0.15) is 22.9 Å². The minimum Gasteiger partial charge on any atom is -0.465 e. The molecular formula is C60H59BrCl4N6O8. The molecule has 0 spiro atoms. The maximum Gasteiger partial charge on any atom is 0.340 e. The summed E-state index contributed by atoms with van der Waals surface area (Å²) in [6.45, 7) is 4.94. The number of aryl methyl sites for hydroxylation is 2. The number of methoxy groups -OCH3 is 2. The predicted molar refractivity (Wildman–Crippen MR) is 310 cm³/mol. The van der Waals surface area contributed by atoms with Crippen molar-refractivity contribution in [3.8, 4) is 22.5 Å². The van der Waals surface area contributed by atoms with Gasteiger partial charge in [0.15, 0.2) is 0 Å². The number of aromatic nitrogens is 4. The molecular weight excluding hydrogens is 1150 g/mol. The fourth-order valence-corrected chi connectivity index (χ4v) is 13.7. The van der Waals surface area contributed by atoms with Crippen molar-refractivity contribution in [2.24, 2.45) is 37.8 Å². The molecule has 15 rings (SSSR count). The van der Waals surface area contributed by atoms with Crippen molar-refractivity contribution in [1.29, 1.82) is 0 Å².